The fourth-order valence-electron chi connectivity index (χ4n) is 0.829. The highest BCUT2D eigenvalue weighted by molar-refractivity contribution is 5.96. The lowest BCUT2D eigenvalue weighted by Crippen LogP contribution is -2.19. The fourth-order valence-corrected chi connectivity index (χ4v) is 0.829. The number of ketones is 2. The lowest BCUT2D eigenvalue weighted by Gasteiger charge is -2.15. The predicted molar refractivity (Wildman–Crippen MR) is 70.3 cm³/mol. The molecule has 0 atom stereocenters. The Balaban J connectivity index is 5.08. The van der Waals surface area contributed by atoms with Crippen LogP contribution in [0, 0.1) is 10.8 Å². The third kappa shape index (κ3) is 5.17. The van der Waals surface area contributed by atoms with Crippen LogP contribution in [0.1, 0.15) is 41.5 Å². The minimum absolute atomic E-state index is 0.330. The molecular weight excluding hydrogens is 232 g/mol. The van der Waals surface area contributed by atoms with Crippen molar-refractivity contribution in [2.45, 2.75) is 41.5 Å². The minimum atomic E-state index is -0.650. The molecule has 0 spiro atoms. The van der Waals surface area contributed by atoms with Gasteiger partial charge >= 0.3 is 0 Å². The van der Waals surface area contributed by atoms with Crippen molar-refractivity contribution in [1.29, 1.82) is 0 Å². The average Bonchev–Trinajstić information content (AvgIpc) is 2.14. The van der Waals surface area contributed by atoms with Gasteiger partial charge in [0.2, 0.25) is 0 Å². The van der Waals surface area contributed by atoms with Gasteiger partial charge < -0.3 is 10.2 Å². The number of aliphatic hydroxyl groups excluding tert-OH is 2. The lowest BCUT2D eigenvalue weighted by atomic mass is 9.89. The molecule has 102 valence electrons. The second kappa shape index (κ2) is 5.38. The first-order valence-corrected chi connectivity index (χ1v) is 5.76. The van der Waals surface area contributed by atoms with Crippen LogP contribution in [0.5, 0.6) is 0 Å². The maximum absolute atomic E-state index is 11.6. The van der Waals surface area contributed by atoms with Gasteiger partial charge in [-0.15, -0.1) is 0 Å². The number of rotatable bonds is 3. The highest BCUT2D eigenvalue weighted by atomic mass is 16.3. The number of carbonyl (C=O) groups excluding carboxylic acids is 2. The van der Waals surface area contributed by atoms with E-state index >= 15 is 0 Å². The van der Waals surface area contributed by atoms with Gasteiger partial charge in [0.25, 0.3) is 0 Å². The maximum Gasteiger partial charge on any atom is 0.164 e. The average molecular weight is 254 g/mol. The van der Waals surface area contributed by atoms with E-state index in [1.54, 1.807) is 41.5 Å². The SMILES string of the molecule is CC(C)(C)C(=O)/C=C(O)/C(O)=C/C(=O)C(C)(C)C. The molecule has 0 bridgehead atoms. The molecule has 0 aromatic carbocycles. The first-order valence-electron chi connectivity index (χ1n) is 5.76. The van der Waals surface area contributed by atoms with Gasteiger partial charge in [-0.1, -0.05) is 41.5 Å². The Labute approximate surface area is 108 Å². The van der Waals surface area contributed by atoms with Crippen molar-refractivity contribution >= 4 is 11.6 Å². The largest absolute Gasteiger partial charge is 0.504 e. The van der Waals surface area contributed by atoms with Gasteiger partial charge in [-0.05, 0) is 0 Å². The molecule has 0 aromatic rings. The van der Waals surface area contributed by atoms with E-state index in [2.05, 4.69) is 0 Å². The van der Waals surface area contributed by atoms with Crippen LogP contribution in [0.2, 0.25) is 0 Å². The van der Waals surface area contributed by atoms with Crippen LogP contribution >= 0.6 is 0 Å². The van der Waals surface area contributed by atoms with Crippen LogP contribution in [0.3, 0.4) is 0 Å². The Morgan fingerprint density at radius 3 is 1.11 bits per heavy atom. The molecule has 0 radical (unpaired) electrons. The maximum atomic E-state index is 11.6. The van der Waals surface area contributed by atoms with Crippen molar-refractivity contribution in [3.63, 3.8) is 0 Å². The Kier molecular flexibility index (Phi) is 4.90. The van der Waals surface area contributed by atoms with Crippen molar-refractivity contribution < 1.29 is 19.8 Å². The topological polar surface area (TPSA) is 74.6 Å². The zero-order chi connectivity index (χ0) is 14.7. The first-order chi connectivity index (χ1) is 7.85. The van der Waals surface area contributed by atoms with E-state index in [9.17, 15) is 19.8 Å². The van der Waals surface area contributed by atoms with Crippen molar-refractivity contribution in [1.82, 2.24) is 0 Å². The molecule has 0 saturated heterocycles. The van der Waals surface area contributed by atoms with E-state index in [1.165, 1.54) is 0 Å². The molecule has 0 saturated carbocycles. The van der Waals surface area contributed by atoms with Gasteiger partial charge in [0, 0.05) is 23.0 Å². The molecule has 0 amide bonds. The summed E-state index contributed by atoms with van der Waals surface area (Å²) in [5, 5.41) is 19.1. The normalized spacial score (nSPS) is 14.6. The van der Waals surface area contributed by atoms with E-state index in [4.69, 9.17) is 0 Å². The monoisotopic (exact) mass is 254 g/mol. The molecular formula is C14H22O4. The molecule has 0 heterocycles. The predicted octanol–water partition coefficient (Wildman–Crippen LogP) is 3.10. The van der Waals surface area contributed by atoms with Crippen LogP contribution in [0.4, 0.5) is 0 Å². The van der Waals surface area contributed by atoms with E-state index in [-0.39, 0.29) is 11.6 Å². The smallest absolute Gasteiger partial charge is 0.164 e. The number of hydrogen-bond donors (Lipinski definition) is 2. The summed E-state index contributed by atoms with van der Waals surface area (Å²) in [7, 11) is 0. The van der Waals surface area contributed by atoms with Gasteiger partial charge in [0.15, 0.2) is 23.1 Å². The number of hydrogen-bond acceptors (Lipinski definition) is 4. The second-order valence-corrected chi connectivity index (χ2v) is 6.29. The Morgan fingerprint density at radius 1 is 0.722 bits per heavy atom. The van der Waals surface area contributed by atoms with Crippen molar-refractivity contribution in [3.05, 3.63) is 23.7 Å². The molecule has 4 heteroatoms. The van der Waals surface area contributed by atoms with Gasteiger partial charge in [-0.2, -0.15) is 0 Å². The minimum Gasteiger partial charge on any atom is -0.504 e. The van der Waals surface area contributed by atoms with Crippen LogP contribution in [-0.4, -0.2) is 21.8 Å². The van der Waals surface area contributed by atoms with Crippen LogP contribution < -0.4 is 0 Å². The second-order valence-electron chi connectivity index (χ2n) is 6.29. The molecule has 0 aliphatic rings. The number of carbonyl (C=O) groups is 2. The molecule has 0 rings (SSSR count). The van der Waals surface area contributed by atoms with Crippen LogP contribution in [0.15, 0.2) is 23.7 Å². The number of aliphatic hydroxyl groups is 2. The molecule has 0 aliphatic carbocycles. The molecule has 0 unspecified atom stereocenters. The molecule has 0 aromatic heterocycles. The van der Waals surface area contributed by atoms with E-state index < -0.39 is 22.3 Å². The standard InChI is InChI=1S/C14H22O4/c1-13(2,3)11(17)7-9(15)10(16)8-12(18)14(4,5)6/h7-8,15-16H,1-6H3/b9-7-,10-8-. The zero-order valence-electron chi connectivity index (χ0n) is 11.9. The summed E-state index contributed by atoms with van der Waals surface area (Å²) in [6, 6.07) is 0. The highest BCUT2D eigenvalue weighted by Gasteiger charge is 2.22. The third-order valence-electron chi connectivity index (χ3n) is 2.28. The summed E-state index contributed by atoms with van der Waals surface area (Å²) >= 11 is 0. The van der Waals surface area contributed by atoms with Crippen molar-refractivity contribution in [2.75, 3.05) is 0 Å². The molecule has 18 heavy (non-hydrogen) atoms. The van der Waals surface area contributed by atoms with Crippen molar-refractivity contribution in [3.8, 4) is 0 Å². The van der Waals surface area contributed by atoms with E-state index in [0.29, 0.717) is 0 Å². The molecule has 0 fully saturated rings. The Morgan fingerprint density at radius 2 is 0.944 bits per heavy atom. The zero-order valence-corrected chi connectivity index (χ0v) is 11.9. The molecule has 0 aliphatic heterocycles. The summed E-state index contributed by atoms with van der Waals surface area (Å²) in [5.74, 6) is -1.84. The number of allylic oxidation sites excluding steroid dienone is 2. The first kappa shape index (κ1) is 16.4. The van der Waals surface area contributed by atoms with Crippen LogP contribution in [-0.2, 0) is 9.59 Å². The quantitative estimate of drug-likeness (QED) is 0.461. The van der Waals surface area contributed by atoms with Crippen molar-refractivity contribution in [2.24, 2.45) is 10.8 Å². The summed E-state index contributed by atoms with van der Waals surface area (Å²) < 4.78 is 0. The summed E-state index contributed by atoms with van der Waals surface area (Å²) in [6.07, 6.45) is 1.86. The Bertz CT molecular complexity index is 360. The fraction of sp³-hybridized carbons (Fsp3) is 0.571. The Hall–Kier alpha value is -1.58. The van der Waals surface area contributed by atoms with Gasteiger partial charge in [-0.25, -0.2) is 0 Å². The van der Waals surface area contributed by atoms with Gasteiger partial charge in [0.1, 0.15) is 0 Å². The lowest BCUT2D eigenvalue weighted by molar-refractivity contribution is -0.122. The van der Waals surface area contributed by atoms with Crippen LogP contribution in [0.25, 0.3) is 0 Å². The molecule has 2 N–H and O–H groups in total. The highest BCUT2D eigenvalue weighted by Crippen LogP contribution is 2.19. The third-order valence-corrected chi connectivity index (χ3v) is 2.28. The summed E-state index contributed by atoms with van der Waals surface area (Å²) in [5.41, 5.74) is -1.30. The summed E-state index contributed by atoms with van der Waals surface area (Å²) in [4.78, 5) is 23.2. The van der Waals surface area contributed by atoms with Gasteiger partial charge in [0.05, 0.1) is 0 Å². The van der Waals surface area contributed by atoms with Gasteiger partial charge in [-0.3, -0.25) is 9.59 Å². The van der Waals surface area contributed by atoms with E-state index in [1.807, 2.05) is 0 Å². The summed E-state index contributed by atoms with van der Waals surface area (Å²) in [6.45, 7) is 10.2. The van der Waals surface area contributed by atoms with E-state index in [0.717, 1.165) is 12.2 Å². The molecule has 4 nitrogen and oxygen atoms in total.